The summed E-state index contributed by atoms with van der Waals surface area (Å²) in [6.07, 6.45) is 3.27. The molecule has 0 radical (unpaired) electrons. The fourth-order valence-corrected chi connectivity index (χ4v) is 4.76. The number of benzene rings is 5. The quantitative estimate of drug-likeness (QED) is 0.216. The van der Waals surface area contributed by atoms with Crippen LogP contribution in [0.5, 0.6) is 0 Å². The monoisotopic (exact) mass is 465 g/mol. The Labute approximate surface area is 215 Å². The molecule has 0 saturated carbocycles. The van der Waals surface area contributed by atoms with E-state index in [4.69, 9.17) is 0 Å². The summed E-state index contributed by atoms with van der Waals surface area (Å²) in [6, 6.07) is 47.4. The zero-order valence-corrected chi connectivity index (χ0v) is 20.9. The van der Waals surface area contributed by atoms with Gasteiger partial charge in [0.2, 0.25) is 0 Å². The van der Waals surface area contributed by atoms with Crippen LogP contribution in [0.2, 0.25) is 0 Å². The van der Waals surface area contributed by atoms with Crippen molar-refractivity contribution in [2.24, 2.45) is 0 Å². The molecule has 0 amide bonds. The average molecular weight is 466 g/mol. The Bertz CT molecular complexity index is 1390. The van der Waals surface area contributed by atoms with Crippen molar-refractivity contribution in [3.63, 3.8) is 0 Å². The first kappa shape index (κ1) is 23.4. The van der Waals surface area contributed by atoms with Gasteiger partial charge >= 0.3 is 0 Å². The van der Waals surface area contributed by atoms with Gasteiger partial charge in [0, 0.05) is 11.4 Å². The van der Waals surface area contributed by atoms with Gasteiger partial charge in [0.25, 0.3) is 0 Å². The smallest absolute Gasteiger partial charge is 0.0522 e. The molecule has 0 fully saturated rings. The molecule has 0 aliphatic rings. The van der Waals surface area contributed by atoms with Gasteiger partial charge in [-0.3, -0.25) is 0 Å². The maximum atomic E-state index is 2.39. The predicted octanol–water partition coefficient (Wildman–Crippen LogP) is 9.62. The molecule has 0 aliphatic carbocycles. The van der Waals surface area contributed by atoms with Gasteiger partial charge in [-0.25, -0.2) is 0 Å². The first-order valence-electron chi connectivity index (χ1n) is 12.6. The van der Waals surface area contributed by atoms with Crippen LogP contribution in [0.1, 0.15) is 34.7 Å². The molecular formula is C35H31N. The minimum absolute atomic E-state index is 0.985. The summed E-state index contributed by atoms with van der Waals surface area (Å²) in [5, 5.41) is 0. The molecule has 176 valence electrons. The van der Waals surface area contributed by atoms with Crippen LogP contribution in [0.3, 0.4) is 0 Å². The van der Waals surface area contributed by atoms with Gasteiger partial charge in [-0.05, 0) is 77.1 Å². The summed E-state index contributed by atoms with van der Waals surface area (Å²) in [7, 11) is 0. The lowest BCUT2D eigenvalue weighted by atomic mass is 9.95. The van der Waals surface area contributed by atoms with Gasteiger partial charge in [-0.1, -0.05) is 116 Å². The van der Waals surface area contributed by atoms with Gasteiger partial charge in [-0.2, -0.15) is 0 Å². The maximum Gasteiger partial charge on any atom is 0.0522 e. The van der Waals surface area contributed by atoms with Crippen molar-refractivity contribution < 1.29 is 0 Å². The summed E-state index contributed by atoms with van der Waals surface area (Å²) >= 11 is 0. The van der Waals surface area contributed by atoms with E-state index in [1.807, 2.05) is 0 Å². The molecule has 5 aromatic rings. The average Bonchev–Trinajstić information content (AvgIpc) is 2.95. The lowest BCUT2D eigenvalue weighted by molar-refractivity contribution is 1.10. The van der Waals surface area contributed by atoms with E-state index in [9.17, 15) is 0 Å². The van der Waals surface area contributed by atoms with Crippen LogP contribution in [-0.4, -0.2) is 0 Å². The zero-order chi connectivity index (χ0) is 24.7. The van der Waals surface area contributed by atoms with E-state index in [1.165, 1.54) is 44.8 Å². The number of hydrogen-bond donors (Lipinski definition) is 0. The molecule has 0 heterocycles. The Kier molecular flexibility index (Phi) is 7.10. The lowest BCUT2D eigenvalue weighted by Crippen LogP contribution is -2.13. The second-order valence-electron chi connectivity index (χ2n) is 8.99. The van der Waals surface area contributed by atoms with E-state index >= 15 is 0 Å². The molecule has 0 aromatic heterocycles. The van der Waals surface area contributed by atoms with Gasteiger partial charge in [0.1, 0.15) is 0 Å². The van der Waals surface area contributed by atoms with Crippen LogP contribution in [0.4, 0.5) is 17.1 Å². The third kappa shape index (κ3) is 5.01. The van der Waals surface area contributed by atoms with Crippen LogP contribution in [0.25, 0.3) is 11.6 Å². The van der Waals surface area contributed by atoms with E-state index in [2.05, 4.69) is 158 Å². The third-order valence-electron chi connectivity index (χ3n) is 6.57. The SMILES string of the molecule is CCc1cccc(C)c1N(c1ccccc1)c1ccc(C=C(c2ccccc2)c2ccccc2)cc1. The highest BCUT2D eigenvalue weighted by atomic mass is 15.1. The van der Waals surface area contributed by atoms with E-state index in [-0.39, 0.29) is 0 Å². The molecule has 5 aromatic carbocycles. The van der Waals surface area contributed by atoms with Gasteiger partial charge in [0.15, 0.2) is 0 Å². The Morgan fingerprint density at radius 2 is 1.11 bits per heavy atom. The van der Waals surface area contributed by atoms with Crippen molar-refractivity contribution in [1.29, 1.82) is 0 Å². The Morgan fingerprint density at radius 3 is 1.67 bits per heavy atom. The fraction of sp³-hybridized carbons (Fsp3) is 0.0857. The summed E-state index contributed by atoms with van der Waals surface area (Å²) in [5.41, 5.74) is 11.0. The second-order valence-corrected chi connectivity index (χ2v) is 8.99. The van der Waals surface area contributed by atoms with Crippen molar-refractivity contribution in [3.8, 4) is 0 Å². The van der Waals surface area contributed by atoms with Crippen molar-refractivity contribution in [2.75, 3.05) is 4.90 Å². The minimum atomic E-state index is 0.985. The molecule has 0 saturated heterocycles. The normalized spacial score (nSPS) is 10.6. The standard InChI is InChI=1S/C35H31N/c1-3-29-19-13-14-27(2)35(29)36(32-20-11-6-12-21-32)33-24-22-28(23-25-33)26-34(30-15-7-4-8-16-30)31-17-9-5-10-18-31/h4-26H,3H2,1-2H3. The number of aryl methyl sites for hydroxylation is 2. The Morgan fingerprint density at radius 1 is 0.583 bits per heavy atom. The van der Waals surface area contributed by atoms with E-state index in [0.717, 1.165) is 12.1 Å². The maximum absolute atomic E-state index is 2.39. The molecule has 1 heteroatoms. The molecule has 0 N–H and O–H groups in total. The number of nitrogens with zero attached hydrogens (tertiary/aromatic N) is 1. The van der Waals surface area contributed by atoms with Crippen molar-refractivity contribution in [3.05, 3.63) is 161 Å². The minimum Gasteiger partial charge on any atom is -0.310 e. The molecule has 36 heavy (non-hydrogen) atoms. The third-order valence-corrected chi connectivity index (χ3v) is 6.57. The number of rotatable bonds is 7. The largest absolute Gasteiger partial charge is 0.310 e. The molecule has 0 aliphatic heterocycles. The number of anilines is 3. The molecule has 0 unspecified atom stereocenters. The summed E-state index contributed by atoms with van der Waals surface area (Å²) in [6.45, 7) is 4.43. The molecule has 0 spiro atoms. The van der Waals surface area contributed by atoms with E-state index in [0.29, 0.717) is 0 Å². The number of para-hydroxylation sites is 2. The van der Waals surface area contributed by atoms with Crippen LogP contribution >= 0.6 is 0 Å². The Balaban J connectivity index is 1.59. The molecule has 0 atom stereocenters. The highest BCUT2D eigenvalue weighted by molar-refractivity contribution is 5.91. The van der Waals surface area contributed by atoms with Gasteiger partial charge in [-0.15, -0.1) is 0 Å². The van der Waals surface area contributed by atoms with Crippen LogP contribution in [0.15, 0.2) is 133 Å². The van der Waals surface area contributed by atoms with Crippen molar-refractivity contribution in [1.82, 2.24) is 0 Å². The van der Waals surface area contributed by atoms with Crippen molar-refractivity contribution >= 4 is 28.7 Å². The molecular weight excluding hydrogens is 434 g/mol. The highest BCUT2D eigenvalue weighted by Gasteiger charge is 2.17. The summed E-state index contributed by atoms with van der Waals surface area (Å²) in [4.78, 5) is 2.39. The first-order valence-corrected chi connectivity index (χ1v) is 12.6. The molecule has 5 rings (SSSR count). The molecule has 0 bridgehead atoms. The van der Waals surface area contributed by atoms with E-state index < -0.39 is 0 Å². The highest BCUT2D eigenvalue weighted by Crippen LogP contribution is 2.39. The Hall–Kier alpha value is -4.36. The lowest BCUT2D eigenvalue weighted by Gasteiger charge is -2.29. The van der Waals surface area contributed by atoms with Crippen LogP contribution in [0, 0.1) is 6.92 Å². The zero-order valence-electron chi connectivity index (χ0n) is 20.9. The van der Waals surface area contributed by atoms with Gasteiger partial charge < -0.3 is 4.90 Å². The van der Waals surface area contributed by atoms with Crippen LogP contribution < -0.4 is 4.90 Å². The van der Waals surface area contributed by atoms with Crippen molar-refractivity contribution in [2.45, 2.75) is 20.3 Å². The molecule has 1 nitrogen and oxygen atoms in total. The summed E-state index contributed by atoms with van der Waals surface area (Å²) < 4.78 is 0. The van der Waals surface area contributed by atoms with E-state index in [1.54, 1.807) is 0 Å². The topological polar surface area (TPSA) is 3.24 Å². The summed E-state index contributed by atoms with van der Waals surface area (Å²) in [5.74, 6) is 0. The number of hydrogen-bond acceptors (Lipinski definition) is 1. The second kappa shape index (κ2) is 10.9. The fourth-order valence-electron chi connectivity index (χ4n) is 4.76. The van der Waals surface area contributed by atoms with Gasteiger partial charge in [0.05, 0.1) is 5.69 Å². The predicted molar refractivity (Wildman–Crippen MR) is 155 cm³/mol. The first-order chi connectivity index (χ1) is 17.7. The van der Waals surface area contributed by atoms with Crippen LogP contribution in [-0.2, 0) is 6.42 Å².